The third-order valence-corrected chi connectivity index (χ3v) is 5.96. The molecule has 1 aliphatic carbocycles. The summed E-state index contributed by atoms with van der Waals surface area (Å²) in [7, 11) is 0. The molecule has 2 aromatic rings. The molecule has 35 heavy (non-hydrogen) atoms. The van der Waals surface area contributed by atoms with E-state index in [1.807, 2.05) is 6.92 Å². The Morgan fingerprint density at radius 1 is 0.857 bits per heavy atom. The first-order valence-electron chi connectivity index (χ1n) is 11.0. The number of aryl methyl sites for hydroxylation is 1. The lowest BCUT2D eigenvalue weighted by Gasteiger charge is -2.29. The second-order valence-corrected chi connectivity index (χ2v) is 8.37. The van der Waals surface area contributed by atoms with Gasteiger partial charge in [0.05, 0.1) is 12.5 Å². The predicted octanol–water partition coefficient (Wildman–Crippen LogP) is 7.93. The first kappa shape index (κ1) is 27.2. The van der Waals surface area contributed by atoms with Crippen LogP contribution in [0.15, 0.2) is 24.3 Å². The summed E-state index contributed by atoms with van der Waals surface area (Å²) >= 11 is 0. The van der Waals surface area contributed by atoms with Crippen molar-refractivity contribution in [3.05, 3.63) is 64.2 Å². The molecule has 0 N–H and O–H groups in total. The topological polar surface area (TPSA) is 18.5 Å². The Balaban J connectivity index is 1.66. The average Bonchev–Trinajstić information content (AvgIpc) is 2.74. The third kappa shape index (κ3) is 6.62. The van der Waals surface area contributed by atoms with Gasteiger partial charge in [-0.25, -0.2) is 17.6 Å². The summed E-state index contributed by atoms with van der Waals surface area (Å²) in [6, 6.07) is 2.50. The Bertz CT molecular complexity index is 1010. The first-order valence-corrected chi connectivity index (χ1v) is 11.0. The molecule has 0 aliphatic heterocycles. The molecule has 11 heteroatoms. The molecule has 2 nitrogen and oxygen atoms in total. The number of hydrogen-bond acceptors (Lipinski definition) is 2. The van der Waals surface area contributed by atoms with E-state index in [9.17, 15) is 39.5 Å². The number of hydrogen-bond donors (Lipinski definition) is 0. The van der Waals surface area contributed by atoms with E-state index in [4.69, 9.17) is 4.74 Å². The van der Waals surface area contributed by atoms with Crippen molar-refractivity contribution in [2.24, 2.45) is 0 Å². The molecule has 0 atom stereocenters. The Morgan fingerprint density at radius 3 is 2.00 bits per heavy atom. The van der Waals surface area contributed by atoms with Crippen LogP contribution in [0.3, 0.4) is 0 Å². The van der Waals surface area contributed by atoms with Gasteiger partial charge in [0, 0.05) is 18.7 Å². The van der Waals surface area contributed by atoms with E-state index in [1.165, 1.54) is 12.1 Å². The minimum atomic E-state index is -5.37. The summed E-state index contributed by atoms with van der Waals surface area (Å²) < 4.78 is 132. The first-order chi connectivity index (χ1) is 16.3. The zero-order valence-corrected chi connectivity index (χ0v) is 18.6. The SMILES string of the molecule is CCOC1CCC(c2ccc(CCC(F)(F)Oc3cc(F)c(C(F)(F)F)c(F)c3)c(F)c2F)CC1. The predicted molar refractivity (Wildman–Crippen MR) is 108 cm³/mol. The highest BCUT2D eigenvalue weighted by Gasteiger charge is 2.39. The largest absolute Gasteiger partial charge is 0.432 e. The van der Waals surface area contributed by atoms with Gasteiger partial charge in [0.2, 0.25) is 0 Å². The molecule has 1 fully saturated rings. The van der Waals surface area contributed by atoms with Gasteiger partial charge in [-0.3, -0.25) is 0 Å². The quantitative estimate of drug-likeness (QED) is 0.333. The van der Waals surface area contributed by atoms with E-state index in [2.05, 4.69) is 4.74 Å². The van der Waals surface area contributed by atoms with E-state index < -0.39 is 59.7 Å². The molecule has 194 valence electrons. The van der Waals surface area contributed by atoms with Crippen LogP contribution in [0.2, 0.25) is 0 Å². The molecular formula is C24H23F9O2. The molecule has 1 aliphatic rings. The van der Waals surface area contributed by atoms with E-state index >= 15 is 0 Å². The summed E-state index contributed by atoms with van der Waals surface area (Å²) in [5.41, 5.74) is -2.45. The summed E-state index contributed by atoms with van der Waals surface area (Å²) in [5.74, 6) is -8.06. The van der Waals surface area contributed by atoms with Crippen LogP contribution < -0.4 is 4.74 Å². The molecule has 3 rings (SSSR count). The lowest BCUT2D eigenvalue weighted by Crippen LogP contribution is -2.26. The lowest BCUT2D eigenvalue weighted by molar-refractivity contribution is -0.180. The second-order valence-electron chi connectivity index (χ2n) is 8.37. The fourth-order valence-corrected chi connectivity index (χ4v) is 4.27. The third-order valence-electron chi connectivity index (χ3n) is 5.96. The maximum absolute atomic E-state index is 14.7. The Labute approximate surface area is 196 Å². The standard InChI is InChI=1S/C24H23F9O2/c1-2-34-15-6-3-13(4-7-15)17-8-5-14(21(27)22(17)28)9-10-23(29,30)35-16-11-18(25)20(19(26)12-16)24(31,32)33/h5,8,11-13,15H,2-4,6-7,9-10H2,1H3. The van der Waals surface area contributed by atoms with Gasteiger partial charge in [0.15, 0.2) is 11.6 Å². The van der Waals surface area contributed by atoms with Gasteiger partial charge in [-0.1, -0.05) is 12.1 Å². The van der Waals surface area contributed by atoms with Gasteiger partial charge < -0.3 is 9.47 Å². The van der Waals surface area contributed by atoms with E-state index in [1.54, 1.807) is 0 Å². The monoisotopic (exact) mass is 514 g/mol. The van der Waals surface area contributed by atoms with Crippen LogP contribution in [0.5, 0.6) is 5.75 Å². The zero-order chi connectivity index (χ0) is 26.0. The van der Waals surface area contributed by atoms with E-state index in [0.717, 1.165) is 0 Å². The molecule has 0 saturated heterocycles. The van der Waals surface area contributed by atoms with Crippen molar-refractivity contribution in [3.8, 4) is 5.75 Å². The van der Waals surface area contributed by atoms with Gasteiger partial charge in [-0.15, -0.1) is 0 Å². The maximum atomic E-state index is 14.7. The summed E-state index contributed by atoms with van der Waals surface area (Å²) in [6.45, 7) is 2.43. The van der Waals surface area contributed by atoms with Crippen LogP contribution in [0.1, 0.15) is 61.6 Å². The number of benzene rings is 2. The van der Waals surface area contributed by atoms with Gasteiger partial charge in [-0.05, 0) is 56.1 Å². The minimum Gasteiger partial charge on any atom is -0.432 e. The average molecular weight is 514 g/mol. The van der Waals surface area contributed by atoms with Gasteiger partial charge >= 0.3 is 12.3 Å². The van der Waals surface area contributed by atoms with Crippen LogP contribution >= 0.6 is 0 Å². The zero-order valence-electron chi connectivity index (χ0n) is 18.6. The van der Waals surface area contributed by atoms with Crippen LogP contribution in [0.25, 0.3) is 0 Å². The molecule has 0 spiro atoms. The Kier molecular flexibility index (Phi) is 8.28. The number of ether oxygens (including phenoxy) is 2. The fraction of sp³-hybridized carbons (Fsp3) is 0.500. The molecule has 1 saturated carbocycles. The minimum absolute atomic E-state index is 0.0187. The molecule has 0 amide bonds. The molecule has 0 heterocycles. The van der Waals surface area contributed by atoms with Crippen LogP contribution in [0.4, 0.5) is 39.5 Å². The van der Waals surface area contributed by atoms with Crippen molar-refractivity contribution in [1.82, 2.24) is 0 Å². The highest BCUT2D eigenvalue weighted by Crippen LogP contribution is 2.38. The Hall–Kier alpha value is -2.43. The second kappa shape index (κ2) is 10.7. The fourth-order valence-electron chi connectivity index (χ4n) is 4.27. The molecular weight excluding hydrogens is 491 g/mol. The maximum Gasteiger partial charge on any atom is 0.422 e. The number of halogens is 9. The summed E-state index contributed by atoms with van der Waals surface area (Å²) in [5, 5.41) is 0. The van der Waals surface area contributed by atoms with Crippen molar-refractivity contribution >= 4 is 0 Å². The van der Waals surface area contributed by atoms with E-state index in [-0.39, 0.29) is 35.3 Å². The highest BCUT2D eigenvalue weighted by atomic mass is 19.4. The van der Waals surface area contributed by atoms with Crippen LogP contribution in [-0.2, 0) is 17.3 Å². The Morgan fingerprint density at radius 2 is 1.46 bits per heavy atom. The summed E-state index contributed by atoms with van der Waals surface area (Å²) in [6.07, 6.45) is -8.78. The van der Waals surface area contributed by atoms with Crippen molar-refractivity contribution in [1.29, 1.82) is 0 Å². The number of alkyl halides is 5. The molecule has 0 radical (unpaired) electrons. The van der Waals surface area contributed by atoms with Gasteiger partial charge in [-0.2, -0.15) is 22.0 Å². The van der Waals surface area contributed by atoms with Crippen molar-refractivity contribution < 1.29 is 49.0 Å². The van der Waals surface area contributed by atoms with Crippen LogP contribution in [0, 0.1) is 23.3 Å². The smallest absolute Gasteiger partial charge is 0.422 e. The molecule has 0 unspecified atom stereocenters. The van der Waals surface area contributed by atoms with E-state index in [0.29, 0.717) is 32.3 Å². The van der Waals surface area contributed by atoms with Gasteiger partial charge in [0.1, 0.15) is 22.9 Å². The van der Waals surface area contributed by atoms with Gasteiger partial charge in [0.25, 0.3) is 0 Å². The van der Waals surface area contributed by atoms with Crippen molar-refractivity contribution in [3.63, 3.8) is 0 Å². The molecule has 0 aromatic heterocycles. The normalized spacial score (nSPS) is 19.1. The molecule has 0 bridgehead atoms. The number of rotatable bonds is 8. The molecule has 2 aromatic carbocycles. The highest BCUT2D eigenvalue weighted by molar-refractivity contribution is 5.33. The van der Waals surface area contributed by atoms with Crippen molar-refractivity contribution in [2.45, 2.75) is 69.8 Å². The lowest BCUT2D eigenvalue weighted by atomic mass is 9.82. The van der Waals surface area contributed by atoms with Crippen molar-refractivity contribution in [2.75, 3.05) is 6.61 Å². The summed E-state index contributed by atoms with van der Waals surface area (Å²) in [4.78, 5) is 0. The van der Waals surface area contributed by atoms with Crippen LogP contribution in [-0.4, -0.2) is 18.8 Å².